The van der Waals surface area contributed by atoms with Gasteiger partial charge < -0.3 is 19.5 Å². The summed E-state index contributed by atoms with van der Waals surface area (Å²) in [6, 6.07) is 15.9. The van der Waals surface area contributed by atoms with E-state index in [0.717, 1.165) is 0 Å². The molecule has 2 rings (SSSR count). The van der Waals surface area contributed by atoms with Crippen molar-refractivity contribution < 1.29 is 28.6 Å². The average molecular weight is 434 g/mol. The first-order valence-electron chi connectivity index (χ1n) is 9.49. The van der Waals surface area contributed by atoms with Crippen molar-refractivity contribution >= 4 is 23.5 Å². The molecule has 0 radical (unpaired) electrons. The van der Waals surface area contributed by atoms with Crippen LogP contribution in [0.2, 0.25) is 0 Å². The maximum absolute atomic E-state index is 12.7. The summed E-state index contributed by atoms with van der Waals surface area (Å²) in [5, 5.41) is 2.56. The van der Waals surface area contributed by atoms with Crippen molar-refractivity contribution in [1.29, 1.82) is 0 Å². The number of anilines is 1. The van der Waals surface area contributed by atoms with E-state index < -0.39 is 11.9 Å². The van der Waals surface area contributed by atoms with Gasteiger partial charge >= 0.3 is 11.9 Å². The van der Waals surface area contributed by atoms with Crippen molar-refractivity contribution in [2.75, 3.05) is 32.7 Å². The number of esters is 1. The van der Waals surface area contributed by atoms with Gasteiger partial charge in [-0.2, -0.15) is 0 Å². The number of rotatable bonds is 7. The van der Waals surface area contributed by atoms with Gasteiger partial charge in [0.25, 0.3) is 5.91 Å². The van der Waals surface area contributed by atoms with Crippen molar-refractivity contribution in [3.05, 3.63) is 59.7 Å². The molecule has 2 amide bonds. The van der Waals surface area contributed by atoms with Gasteiger partial charge in [-0.1, -0.05) is 24.1 Å². The van der Waals surface area contributed by atoms with Crippen molar-refractivity contribution in [3.63, 3.8) is 0 Å². The zero-order chi connectivity index (χ0) is 23.3. The van der Waals surface area contributed by atoms with Crippen LogP contribution in [0.3, 0.4) is 0 Å². The second-order valence-corrected chi connectivity index (χ2v) is 6.12. The van der Waals surface area contributed by atoms with Gasteiger partial charge in [0.1, 0.15) is 18.5 Å². The highest BCUT2D eigenvalue weighted by Gasteiger charge is 2.16. The summed E-state index contributed by atoms with van der Waals surface area (Å²) in [5.74, 6) is 3.70. The maximum atomic E-state index is 12.7. The van der Waals surface area contributed by atoms with E-state index in [0.29, 0.717) is 5.56 Å². The highest BCUT2D eigenvalue weighted by molar-refractivity contribution is 6.05. The van der Waals surface area contributed by atoms with Crippen molar-refractivity contribution in [2.45, 2.75) is 6.92 Å². The summed E-state index contributed by atoms with van der Waals surface area (Å²) in [7, 11) is 2.59. The Labute approximate surface area is 186 Å². The molecule has 0 aliphatic heterocycles. The molecule has 0 aromatic heterocycles. The van der Waals surface area contributed by atoms with E-state index in [1.165, 1.54) is 37.3 Å². The third-order valence-corrected chi connectivity index (χ3v) is 4.00. The Hall–Kier alpha value is -4.43. The Morgan fingerprint density at radius 1 is 1.03 bits per heavy atom. The topological polar surface area (TPSA) is 94.2 Å². The number of carbonyl (C=O) groups is 3. The zero-order valence-corrected chi connectivity index (χ0v) is 17.9. The van der Waals surface area contributed by atoms with Crippen LogP contribution in [0.25, 0.3) is 0 Å². The van der Waals surface area contributed by atoms with Gasteiger partial charge in [-0.25, -0.2) is 4.79 Å². The van der Waals surface area contributed by atoms with Gasteiger partial charge in [0, 0.05) is 17.5 Å². The number of nitrogens with zero attached hydrogens (tertiary/aromatic N) is 1. The molecule has 8 heteroatoms. The standard InChI is InChI=1S/C24H22N2O6/c1-4-13-26(23(28)18-8-6-5-7-9-18)14-16-32-21-17-19(24(29)31-3)10-11-20(21)25-22(27)12-15-30-2/h5-11,17H,14,16H2,1-3H3,(H,25,27). The molecule has 0 saturated heterocycles. The third kappa shape index (κ3) is 6.82. The van der Waals surface area contributed by atoms with Crippen LogP contribution in [0, 0.1) is 24.0 Å². The first-order valence-corrected chi connectivity index (χ1v) is 9.49. The van der Waals surface area contributed by atoms with Gasteiger partial charge in [0.05, 0.1) is 32.0 Å². The lowest BCUT2D eigenvalue weighted by Crippen LogP contribution is -2.30. The molecule has 0 aliphatic rings. The molecule has 1 N–H and O–H groups in total. The Balaban J connectivity index is 2.18. The molecule has 0 aliphatic carbocycles. The molecule has 0 unspecified atom stereocenters. The molecule has 32 heavy (non-hydrogen) atoms. The van der Waals surface area contributed by atoms with Crippen LogP contribution < -0.4 is 10.1 Å². The number of methoxy groups -OCH3 is 2. The minimum Gasteiger partial charge on any atom is -0.489 e. The first-order chi connectivity index (χ1) is 15.5. The smallest absolute Gasteiger partial charge is 0.337 e. The SMILES string of the molecule is CC#CN(CCOc1cc(C(=O)OC)ccc1NC(=O)C#COC)C(=O)c1ccccc1. The first kappa shape index (κ1) is 23.8. The Bertz CT molecular complexity index is 1090. The molecule has 2 aromatic carbocycles. The summed E-state index contributed by atoms with van der Waals surface area (Å²) in [5.41, 5.74) is 1.01. The van der Waals surface area contributed by atoms with Crippen LogP contribution in [-0.2, 0) is 14.3 Å². The van der Waals surface area contributed by atoms with Crippen molar-refractivity contribution in [3.8, 4) is 29.7 Å². The number of hydrogen-bond acceptors (Lipinski definition) is 6. The van der Waals surface area contributed by atoms with E-state index in [1.54, 1.807) is 31.2 Å². The van der Waals surface area contributed by atoms with Gasteiger partial charge in [0.15, 0.2) is 0 Å². The van der Waals surface area contributed by atoms with Gasteiger partial charge in [-0.3, -0.25) is 14.5 Å². The monoisotopic (exact) mass is 434 g/mol. The summed E-state index contributed by atoms with van der Waals surface area (Å²) >= 11 is 0. The minimum absolute atomic E-state index is 0.0461. The molecule has 0 heterocycles. The van der Waals surface area contributed by atoms with E-state index in [-0.39, 0.29) is 36.1 Å². The fourth-order valence-electron chi connectivity index (χ4n) is 2.57. The lowest BCUT2D eigenvalue weighted by molar-refractivity contribution is -0.111. The average Bonchev–Trinajstić information content (AvgIpc) is 2.82. The molecule has 0 fully saturated rings. The van der Waals surface area contributed by atoms with Crippen LogP contribution in [0.1, 0.15) is 27.6 Å². The predicted molar refractivity (Wildman–Crippen MR) is 118 cm³/mol. The molecule has 2 aromatic rings. The Morgan fingerprint density at radius 2 is 1.78 bits per heavy atom. The molecule has 0 bridgehead atoms. The van der Waals surface area contributed by atoms with Crippen LogP contribution in [0.15, 0.2) is 48.5 Å². The molecular weight excluding hydrogens is 412 g/mol. The summed E-state index contributed by atoms with van der Waals surface area (Å²) in [6.45, 7) is 1.82. The van der Waals surface area contributed by atoms with Crippen LogP contribution in [-0.4, -0.2) is 50.1 Å². The number of ether oxygens (including phenoxy) is 3. The van der Waals surface area contributed by atoms with Gasteiger partial charge in [0.2, 0.25) is 0 Å². The highest BCUT2D eigenvalue weighted by Crippen LogP contribution is 2.26. The van der Waals surface area contributed by atoms with Crippen molar-refractivity contribution in [1.82, 2.24) is 4.90 Å². The van der Waals surface area contributed by atoms with E-state index in [2.05, 4.69) is 34.0 Å². The normalized spacial score (nSPS) is 9.22. The lowest BCUT2D eigenvalue weighted by Gasteiger charge is -2.18. The van der Waals surface area contributed by atoms with Crippen LogP contribution >= 0.6 is 0 Å². The van der Waals surface area contributed by atoms with E-state index >= 15 is 0 Å². The lowest BCUT2D eigenvalue weighted by atomic mass is 10.2. The molecule has 0 spiro atoms. The summed E-state index contributed by atoms with van der Waals surface area (Å²) in [4.78, 5) is 37.8. The predicted octanol–water partition coefficient (Wildman–Crippen LogP) is 2.52. The molecule has 0 atom stereocenters. The van der Waals surface area contributed by atoms with Crippen molar-refractivity contribution in [2.24, 2.45) is 0 Å². The third-order valence-electron chi connectivity index (χ3n) is 4.00. The Kier molecular flexibility index (Phi) is 9.17. The van der Waals surface area contributed by atoms with E-state index in [4.69, 9.17) is 9.47 Å². The van der Waals surface area contributed by atoms with E-state index in [1.807, 2.05) is 6.07 Å². The zero-order valence-electron chi connectivity index (χ0n) is 17.9. The number of hydrogen-bond donors (Lipinski definition) is 1. The summed E-state index contributed by atoms with van der Waals surface area (Å²) in [6.07, 6.45) is 2.19. The number of amides is 2. The fourth-order valence-corrected chi connectivity index (χ4v) is 2.57. The largest absolute Gasteiger partial charge is 0.489 e. The van der Waals surface area contributed by atoms with Gasteiger partial charge in [-0.15, -0.1) is 0 Å². The molecule has 0 saturated carbocycles. The minimum atomic E-state index is -0.625. The Morgan fingerprint density at radius 3 is 2.44 bits per heavy atom. The van der Waals surface area contributed by atoms with Crippen LogP contribution in [0.5, 0.6) is 5.75 Å². The quantitative estimate of drug-likeness (QED) is 0.409. The molecule has 8 nitrogen and oxygen atoms in total. The molecular formula is C24H22N2O6. The fraction of sp³-hybridized carbons (Fsp3) is 0.208. The maximum Gasteiger partial charge on any atom is 0.337 e. The summed E-state index contributed by atoms with van der Waals surface area (Å²) < 4.78 is 15.1. The second kappa shape index (κ2) is 12.3. The number of carbonyl (C=O) groups excluding carboxylic acids is 3. The highest BCUT2D eigenvalue weighted by atomic mass is 16.5. The van der Waals surface area contributed by atoms with Crippen LogP contribution in [0.4, 0.5) is 5.69 Å². The number of benzene rings is 2. The van der Waals surface area contributed by atoms with E-state index in [9.17, 15) is 14.4 Å². The molecule has 164 valence electrons. The number of nitrogens with one attached hydrogen (secondary N) is 1. The van der Waals surface area contributed by atoms with Gasteiger partial charge in [-0.05, 0) is 37.3 Å². The second-order valence-electron chi connectivity index (χ2n) is 6.12.